The number of hydrogen-bond acceptors (Lipinski definition) is 3. The van der Waals surface area contributed by atoms with E-state index in [-0.39, 0.29) is 0 Å². The molecule has 0 amide bonds. The van der Waals surface area contributed by atoms with E-state index in [2.05, 4.69) is 20.9 Å². The first kappa shape index (κ1) is 15.7. The lowest BCUT2D eigenvalue weighted by molar-refractivity contribution is -0.0782. The first-order chi connectivity index (χ1) is 11.6. The van der Waals surface area contributed by atoms with Crippen molar-refractivity contribution in [2.75, 3.05) is 13.1 Å². The Balaban J connectivity index is 1.38. The lowest BCUT2D eigenvalue weighted by Gasteiger charge is -2.56. The van der Waals surface area contributed by atoms with Crippen LogP contribution < -0.4 is 0 Å². The number of benzene rings is 1. The van der Waals surface area contributed by atoms with Gasteiger partial charge in [0.1, 0.15) is 11.6 Å². The van der Waals surface area contributed by atoms with E-state index in [1.807, 2.05) is 19.1 Å². The van der Waals surface area contributed by atoms with Crippen molar-refractivity contribution >= 4 is 0 Å². The lowest BCUT2D eigenvalue weighted by atomic mass is 9.86. The van der Waals surface area contributed by atoms with Gasteiger partial charge < -0.3 is 0 Å². The standard InChI is InChI=1S/C19H21F2N3/c1-13-3-2-4-16(22-13)10-23-11-17-8-18(12-23)24(17)9-14-5-6-15(20)7-19(14)21/h2-7,17-18H,8-12H2,1H3. The molecule has 0 radical (unpaired) electrons. The predicted octanol–water partition coefficient (Wildman–Crippen LogP) is 3.13. The zero-order valence-electron chi connectivity index (χ0n) is 13.8. The van der Waals surface area contributed by atoms with Crippen LogP contribution in [0.15, 0.2) is 36.4 Å². The van der Waals surface area contributed by atoms with E-state index in [1.54, 1.807) is 6.07 Å². The third kappa shape index (κ3) is 3.06. The SMILES string of the molecule is Cc1cccc(CN2CC3CC(C2)N3Cc2ccc(F)cc2F)n1. The molecule has 2 bridgehead atoms. The highest BCUT2D eigenvalue weighted by molar-refractivity contribution is 5.20. The molecule has 0 aliphatic carbocycles. The number of halogens is 2. The first-order valence-electron chi connectivity index (χ1n) is 8.43. The molecule has 1 aromatic carbocycles. The minimum Gasteiger partial charge on any atom is -0.294 e. The van der Waals surface area contributed by atoms with E-state index < -0.39 is 11.6 Å². The number of rotatable bonds is 4. The summed E-state index contributed by atoms with van der Waals surface area (Å²) in [6, 6.07) is 10.9. The largest absolute Gasteiger partial charge is 0.294 e. The summed E-state index contributed by atoms with van der Waals surface area (Å²) in [5, 5.41) is 0. The second-order valence-electron chi connectivity index (χ2n) is 6.92. The predicted molar refractivity (Wildman–Crippen MR) is 88.3 cm³/mol. The molecule has 3 saturated heterocycles. The molecule has 3 nitrogen and oxygen atoms in total. The molecule has 5 rings (SSSR count). The van der Waals surface area contributed by atoms with Crippen molar-refractivity contribution in [2.24, 2.45) is 0 Å². The van der Waals surface area contributed by atoms with Crippen LogP contribution in [-0.4, -0.2) is 40.0 Å². The van der Waals surface area contributed by atoms with Crippen LogP contribution in [0.4, 0.5) is 8.78 Å². The number of aromatic nitrogens is 1. The van der Waals surface area contributed by atoms with Crippen LogP contribution in [0.1, 0.15) is 23.4 Å². The van der Waals surface area contributed by atoms with Gasteiger partial charge in [-0.05, 0) is 31.5 Å². The molecule has 126 valence electrons. The summed E-state index contributed by atoms with van der Waals surface area (Å²) >= 11 is 0. The molecule has 2 atom stereocenters. The van der Waals surface area contributed by atoms with Crippen LogP contribution in [0.2, 0.25) is 0 Å². The van der Waals surface area contributed by atoms with E-state index in [4.69, 9.17) is 0 Å². The van der Waals surface area contributed by atoms with Gasteiger partial charge in [0, 0.05) is 55.6 Å². The smallest absolute Gasteiger partial charge is 0.130 e. The first-order valence-corrected chi connectivity index (χ1v) is 8.43. The van der Waals surface area contributed by atoms with Crippen molar-refractivity contribution in [1.29, 1.82) is 0 Å². The Hall–Kier alpha value is -1.85. The summed E-state index contributed by atoms with van der Waals surface area (Å²) in [6.07, 6.45) is 1.17. The fraction of sp³-hybridized carbons (Fsp3) is 0.421. The Kier molecular flexibility index (Phi) is 4.06. The molecule has 3 fully saturated rings. The van der Waals surface area contributed by atoms with Crippen LogP contribution in [0.5, 0.6) is 0 Å². The highest BCUT2D eigenvalue weighted by Crippen LogP contribution is 2.34. The molecule has 3 aliphatic heterocycles. The molecule has 0 saturated carbocycles. The highest BCUT2D eigenvalue weighted by atomic mass is 19.1. The molecule has 3 aliphatic rings. The van der Waals surface area contributed by atoms with Crippen molar-refractivity contribution in [3.63, 3.8) is 0 Å². The van der Waals surface area contributed by atoms with E-state index in [1.165, 1.54) is 12.5 Å². The number of nitrogens with zero attached hydrogens (tertiary/aromatic N) is 3. The zero-order valence-corrected chi connectivity index (χ0v) is 13.8. The van der Waals surface area contributed by atoms with Crippen LogP contribution in [0.3, 0.4) is 0 Å². The topological polar surface area (TPSA) is 19.4 Å². The summed E-state index contributed by atoms with van der Waals surface area (Å²) in [6.45, 7) is 5.41. The van der Waals surface area contributed by atoms with Gasteiger partial charge in [0.2, 0.25) is 0 Å². The van der Waals surface area contributed by atoms with Gasteiger partial charge in [-0.3, -0.25) is 14.8 Å². The maximum absolute atomic E-state index is 13.9. The molecule has 0 spiro atoms. The fourth-order valence-electron chi connectivity index (χ4n) is 3.93. The fourth-order valence-corrected chi connectivity index (χ4v) is 3.93. The number of fused-ring (bicyclic) bond motifs is 2. The monoisotopic (exact) mass is 329 g/mol. The van der Waals surface area contributed by atoms with Crippen LogP contribution in [-0.2, 0) is 13.1 Å². The highest BCUT2D eigenvalue weighted by Gasteiger charge is 2.44. The quantitative estimate of drug-likeness (QED) is 0.859. The minimum absolute atomic E-state index is 0.444. The Morgan fingerprint density at radius 1 is 1.08 bits per heavy atom. The molecule has 5 heteroatoms. The summed E-state index contributed by atoms with van der Waals surface area (Å²) < 4.78 is 26.9. The van der Waals surface area contributed by atoms with Gasteiger partial charge in [-0.25, -0.2) is 8.78 Å². The second kappa shape index (κ2) is 6.22. The van der Waals surface area contributed by atoms with Crippen molar-refractivity contribution in [1.82, 2.24) is 14.8 Å². The van der Waals surface area contributed by atoms with Gasteiger partial charge in [0.05, 0.1) is 5.69 Å². The summed E-state index contributed by atoms with van der Waals surface area (Å²) in [5.41, 5.74) is 2.73. The maximum atomic E-state index is 13.9. The van der Waals surface area contributed by atoms with Gasteiger partial charge in [0.15, 0.2) is 0 Å². The average Bonchev–Trinajstić information content (AvgIpc) is 2.54. The van der Waals surface area contributed by atoms with Crippen molar-refractivity contribution in [2.45, 2.75) is 38.5 Å². The van der Waals surface area contributed by atoms with E-state index in [0.717, 1.165) is 37.1 Å². The molecule has 4 heterocycles. The van der Waals surface area contributed by atoms with Gasteiger partial charge >= 0.3 is 0 Å². The van der Waals surface area contributed by atoms with Gasteiger partial charge in [-0.15, -0.1) is 0 Å². The Morgan fingerprint density at radius 3 is 2.58 bits per heavy atom. The van der Waals surface area contributed by atoms with E-state index in [9.17, 15) is 8.78 Å². The third-order valence-corrected chi connectivity index (χ3v) is 5.12. The van der Waals surface area contributed by atoms with Gasteiger partial charge in [-0.2, -0.15) is 0 Å². The van der Waals surface area contributed by atoms with Gasteiger partial charge in [-0.1, -0.05) is 12.1 Å². The number of aryl methyl sites for hydroxylation is 1. The molecule has 1 aromatic heterocycles. The summed E-state index contributed by atoms with van der Waals surface area (Å²) in [4.78, 5) is 9.35. The normalized spacial score (nSPS) is 24.0. The summed E-state index contributed by atoms with van der Waals surface area (Å²) in [7, 11) is 0. The van der Waals surface area contributed by atoms with Crippen molar-refractivity contribution < 1.29 is 8.78 Å². The zero-order chi connectivity index (χ0) is 16.7. The molecular weight excluding hydrogens is 308 g/mol. The number of piperazine rings is 1. The van der Waals surface area contributed by atoms with Crippen molar-refractivity contribution in [3.8, 4) is 0 Å². The lowest BCUT2D eigenvalue weighted by Crippen LogP contribution is -2.67. The Labute approximate surface area is 140 Å². The van der Waals surface area contributed by atoms with Crippen LogP contribution in [0.25, 0.3) is 0 Å². The Morgan fingerprint density at radius 2 is 1.88 bits per heavy atom. The molecule has 0 N–H and O–H groups in total. The minimum atomic E-state index is -0.517. The van der Waals surface area contributed by atoms with Crippen molar-refractivity contribution in [3.05, 3.63) is 65.0 Å². The average molecular weight is 329 g/mol. The second-order valence-corrected chi connectivity index (χ2v) is 6.92. The third-order valence-electron chi connectivity index (χ3n) is 5.12. The molecule has 24 heavy (non-hydrogen) atoms. The Bertz CT molecular complexity index is 737. The van der Waals surface area contributed by atoms with Crippen LogP contribution >= 0.6 is 0 Å². The molecule has 2 aromatic rings. The van der Waals surface area contributed by atoms with E-state index >= 15 is 0 Å². The number of piperidine rings is 1. The number of hydrogen-bond donors (Lipinski definition) is 0. The maximum Gasteiger partial charge on any atom is 0.130 e. The van der Waals surface area contributed by atoms with Crippen LogP contribution in [0, 0.1) is 18.6 Å². The van der Waals surface area contributed by atoms with Gasteiger partial charge in [0.25, 0.3) is 0 Å². The summed E-state index contributed by atoms with van der Waals surface area (Å²) in [5.74, 6) is -0.960. The molecule has 2 unspecified atom stereocenters. The number of pyridine rings is 1. The molecular formula is C19H21F2N3. The van der Waals surface area contributed by atoms with E-state index in [0.29, 0.717) is 24.2 Å².